The molecule has 0 aromatic heterocycles. The Morgan fingerprint density at radius 3 is 2.78 bits per heavy atom. The fourth-order valence-electron chi connectivity index (χ4n) is 3.24. The van der Waals surface area contributed by atoms with E-state index in [0.717, 1.165) is 25.7 Å². The highest BCUT2D eigenvalue weighted by Crippen LogP contribution is 2.23. The largest absolute Gasteiger partial charge is 0.350 e. The maximum absolute atomic E-state index is 13.1. The number of halogens is 2. The van der Waals surface area contributed by atoms with E-state index in [4.69, 9.17) is 11.6 Å². The van der Waals surface area contributed by atoms with Crippen LogP contribution in [0.2, 0.25) is 5.02 Å². The highest BCUT2D eigenvalue weighted by molar-refractivity contribution is 6.31. The number of fused-ring (bicyclic) bond motifs is 1. The zero-order valence-electron chi connectivity index (χ0n) is 12.6. The van der Waals surface area contributed by atoms with Gasteiger partial charge in [-0.2, -0.15) is 0 Å². The number of rotatable bonds is 3. The topological polar surface area (TPSA) is 70.2 Å². The summed E-state index contributed by atoms with van der Waals surface area (Å²) in [5.41, 5.74) is 0.410. The maximum atomic E-state index is 13.1. The Balaban J connectivity index is 1.58. The monoisotopic (exact) mass is 339 g/mol. The fraction of sp³-hybridized carbons (Fsp3) is 0.500. The van der Waals surface area contributed by atoms with Gasteiger partial charge in [-0.1, -0.05) is 24.4 Å². The average Bonchev–Trinajstić information content (AvgIpc) is 2.51. The van der Waals surface area contributed by atoms with Crippen LogP contribution in [-0.2, 0) is 9.59 Å². The molecule has 2 amide bonds. The van der Waals surface area contributed by atoms with Gasteiger partial charge >= 0.3 is 0 Å². The number of carbonyl (C=O) groups excluding carboxylic acids is 2. The number of nitrogens with one attached hydrogen (secondary N) is 3. The second-order valence-corrected chi connectivity index (χ2v) is 6.51. The molecule has 2 aliphatic rings. The number of piperazine rings is 1. The lowest BCUT2D eigenvalue weighted by atomic mass is 9.87. The third-order valence-electron chi connectivity index (χ3n) is 4.42. The molecule has 7 heteroatoms. The predicted octanol–water partition coefficient (Wildman–Crippen LogP) is 2.21. The molecule has 1 aliphatic heterocycles. The molecule has 2 fully saturated rings. The van der Waals surface area contributed by atoms with Gasteiger partial charge in [-0.05, 0) is 31.0 Å². The Kier molecular flexibility index (Phi) is 4.82. The summed E-state index contributed by atoms with van der Waals surface area (Å²) in [6, 6.07) is 3.84. The van der Waals surface area contributed by atoms with Crippen LogP contribution in [0.1, 0.15) is 32.1 Å². The Labute approximate surface area is 139 Å². The minimum atomic E-state index is -0.540. The second kappa shape index (κ2) is 6.84. The van der Waals surface area contributed by atoms with Crippen LogP contribution in [0, 0.1) is 5.82 Å². The SMILES string of the molecule is O=C(C[C@@H]1N[C@@H]2CCCC[C@H]2NC1=O)Nc1ccc(F)c(Cl)c1. The van der Waals surface area contributed by atoms with Crippen molar-refractivity contribution < 1.29 is 14.0 Å². The molecule has 1 heterocycles. The van der Waals surface area contributed by atoms with Crippen molar-refractivity contribution in [2.24, 2.45) is 0 Å². The van der Waals surface area contributed by atoms with Crippen molar-refractivity contribution in [3.63, 3.8) is 0 Å². The summed E-state index contributed by atoms with van der Waals surface area (Å²) in [6.45, 7) is 0. The highest BCUT2D eigenvalue weighted by atomic mass is 35.5. The zero-order valence-corrected chi connectivity index (χ0v) is 13.3. The van der Waals surface area contributed by atoms with Crippen molar-refractivity contribution in [2.75, 3.05) is 5.32 Å². The van der Waals surface area contributed by atoms with Crippen molar-refractivity contribution in [1.82, 2.24) is 10.6 Å². The van der Waals surface area contributed by atoms with Gasteiger partial charge in [-0.3, -0.25) is 9.59 Å². The molecule has 23 heavy (non-hydrogen) atoms. The predicted molar refractivity (Wildman–Crippen MR) is 85.8 cm³/mol. The lowest BCUT2D eigenvalue weighted by Crippen LogP contribution is -2.65. The van der Waals surface area contributed by atoms with E-state index in [-0.39, 0.29) is 35.3 Å². The van der Waals surface area contributed by atoms with Gasteiger partial charge in [0.25, 0.3) is 0 Å². The third kappa shape index (κ3) is 3.82. The van der Waals surface area contributed by atoms with E-state index in [2.05, 4.69) is 16.0 Å². The summed E-state index contributed by atoms with van der Waals surface area (Å²) >= 11 is 5.69. The molecule has 1 saturated heterocycles. The van der Waals surface area contributed by atoms with Crippen molar-refractivity contribution >= 4 is 29.1 Å². The van der Waals surface area contributed by atoms with E-state index in [0.29, 0.717) is 5.69 Å². The first-order valence-corrected chi connectivity index (χ1v) is 8.22. The van der Waals surface area contributed by atoms with Crippen LogP contribution in [0.3, 0.4) is 0 Å². The van der Waals surface area contributed by atoms with Crippen LogP contribution >= 0.6 is 11.6 Å². The fourth-order valence-corrected chi connectivity index (χ4v) is 3.42. The molecule has 1 aromatic carbocycles. The minimum absolute atomic E-state index is 0.0318. The number of benzene rings is 1. The van der Waals surface area contributed by atoms with Crippen LogP contribution in [0.25, 0.3) is 0 Å². The molecule has 3 atom stereocenters. The summed E-state index contributed by atoms with van der Waals surface area (Å²) in [7, 11) is 0. The molecule has 124 valence electrons. The van der Waals surface area contributed by atoms with Crippen LogP contribution in [0.4, 0.5) is 10.1 Å². The summed E-state index contributed by atoms with van der Waals surface area (Å²) in [5.74, 6) is -0.989. The van der Waals surface area contributed by atoms with Crippen molar-refractivity contribution in [1.29, 1.82) is 0 Å². The van der Waals surface area contributed by atoms with Crippen LogP contribution < -0.4 is 16.0 Å². The number of anilines is 1. The van der Waals surface area contributed by atoms with Crippen LogP contribution in [0.15, 0.2) is 18.2 Å². The van der Waals surface area contributed by atoms with E-state index < -0.39 is 11.9 Å². The summed E-state index contributed by atoms with van der Waals surface area (Å²) in [4.78, 5) is 24.2. The standard InChI is InChI=1S/C16H19ClFN3O2/c17-10-7-9(5-6-11(10)18)19-15(22)8-14-16(23)21-13-4-2-1-3-12(13)20-14/h5-7,12-14,20H,1-4,8H2,(H,19,22)(H,21,23)/t12-,13-,14+/m1/s1. The molecular formula is C16H19ClFN3O2. The van der Waals surface area contributed by atoms with E-state index in [1.54, 1.807) is 0 Å². The highest BCUT2D eigenvalue weighted by Gasteiger charge is 2.36. The van der Waals surface area contributed by atoms with E-state index in [1.165, 1.54) is 18.2 Å². The number of carbonyl (C=O) groups is 2. The van der Waals surface area contributed by atoms with Crippen LogP contribution in [0.5, 0.6) is 0 Å². The first-order chi connectivity index (χ1) is 11.0. The van der Waals surface area contributed by atoms with Gasteiger partial charge in [0.1, 0.15) is 5.82 Å². The molecule has 3 N–H and O–H groups in total. The van der Waals surface area contributed by atoms with E-state index in [1.807, 2.05) is 0 Å². The first kappa shape index (κ1) is 16.2. The number of amides is 2. The molecule has 3 rings (SSSR count). The summed E-state index contributed by atoms with van der Waals surface area (Å²) < 4.78 is 13.1. The molecule has 5 nitrogen and oxygen atoms in total. The Morgan fingerprint density at radius 1 is 1.30 bits per heavy atom. The number of hydrogen-bond donors (Lipinski definition) is 3. The number of hydrogen-bond acceptors (Lipinski definition) is 3. The summed E-state index contributed by atoms with van der Waals surface area (Å²) in [5, 5.41) is 8.87. The summed E-state index contributed by atoms with van der Waals surface area (Å²) in [6.07, 6.45) is 4.29. The molecule has 0 bridgehead atoms. The van der Waals surface area contributed by atoms with Crippen LogP contribution in [-0.4, -0.2) is 29.9 Å². The Bertz CT molecular complexity index is 625. The molecular weight excluding hydrogens is 321 g/mol. The van der Waals surface area contributed by atoms with Gasteiger partial charge in [0.05, 0.1) is 17.5 Å². The smallest absolute Gasteiger partial charge is 0.237 e. The van der Waals surface area contributed by atoms with Gasteiger partial charge in [-0.15, -0.1) is 0 Å². The minimum Gasteiger partial charge on any atom is -0.350 e. The van der Waals surface area contributed by atoms with Gasteiger partial charge < -0.3 is 16.0 Å². The second-order valence-electron chi connectivity index (χ2n) is 6.11. The van der Waals surface area contributed by atoms with Crippen molar-refractivity contribution in [3.05, 3.63) is 29.0 Å². The van der Waals surface area contributed by atoms with Gasteiger partial charge in [0.15, 0.2) is 0 Å². The Morgan fingerprint density at radius 2 is 2.04 bits per heavy atom. The molecule has 0 unspecified atom stereocenters. The van der Waals surface area contributed by atoms with Crippen molar-refractivity contribution in [3.8, 4) is 0 Å². The molecule has 0 radical (unpaired) electrons. The van der Waals surface area contributed by atoms with Gasteiger partial charge in [0.2, 0.25) is 11.8 Å². The zero-order chi connectivity index (χ0) is 16.4. The van der Waals surface area contributed by atoms with E-state index >= 15 is 0 Å². The Hall–Kier alpha value is -1.66. The average molecular weight is 340 g/mol. The molecule has 0 spiro atoms. The molecule has 1 aliphatic carbocycles. The molecule has 1 saturated carbocycles. The van der Waals surface area contributed by atoms with Crippen molar-refractivity contribution in [2.45, 2.75) is 50.2 Å². The quantitative estimate of drug-likeness (QED) is 0.790. The third-order valence-corrected chi connectivity index (χ3v) is 4.71. The lowest BCUT2D eigenvalue weighted by Gasteiger charge is -2.40. The normalized spacial score (nSPS) is 27.0. The van der Waals surface area contributed by atoms with Gasteiger partial charge in [0, 0.05) is 17.8 Å². The first-order valence-electron chi connectivity index (χ1n) is 7.84. The molecule has 1 aromatic rings. The van der Waals surface area contributed by atoms with E-state index in [9.17, 15) is 14.0 Å². The lowest BCUT2D eigenvalue weighted by molar-refractivity contribution is -0.129. The maximum Gasteiger partial charge on any atom is 0.237 e. The van der Waals surface area contributed by atoms with Gasteiger partial charge in [-0.25, -0.2) is 4.39 Å².